The van der Waals surface area contributed by atoms with Crippen LogP contribution in [0.15, 0.2) is 18.2 Å². The van der Waals surface area contributed by atoms with Crippen LogP contribution < -0.4 is 0 Å². The number of epoxide rings is 1. The van der Waals surface area contributed by atoms with Gasteiger partial charge in [-0.25, -0.2) is 4.79 Å². The summed E-state index contributed by atoms with van der Waals surface area (Å²) >= 11 is 0. The average Bonchev–Trinajstić information content (AvgIpc) is 3.13. The van der Waals surface area contributed by atoms with Crippen molar-refractivity contribution in [2.45, 2.75) is 32.8 Å². The van der Waals surface area contributed by atoms with Gasteiger partial charge in [-0.3, -0.25) is 0 Å². The molecule has 1 aromatic rings. The molecule has 2 rings (SSSR count). The van der Waals surface area contributed by atoms with Gasteiger partial charge in [-0.1, -0.05) is 25.1 Å². The van der Waals surface area contributed by atoms with Crippen molar-refractivity contribution in [2.24, 2.45) is 0 Å². The van der Waals surface area contributed by atoms with E-state index < -0.39 is 0 Å². The lowest BCUT2D eigenvalue weighted by atomic mass is 9.98. The second-order valence-corrected chi connectivity index (χ2v) is 4.31. The Morgan fingerprint density at radius 1 is 1.53 bits per heavy atom. The van der Waals surface area contributed by atoms with E-state index in [0.29, 0.717) is 13.2 Å². The van der Waals surface area contributed by atoms with Gasteiger partial charge in [-0.2, -0.15) is 0 Å². The van der Waals surface area contributed by atoms with Crippen molar-refractivity contribution in [3.8, 4) is 0 Å². The lowest BCUT2D eigenvalue weighted by Gasteiger charge is -2.10. The van der Waals surface area contributed by atoms with Crippen molar-refractivity contribution in [1.29, 1.82) is 0 Å². The van der Waals surface area contributed by atoms with Gasteiger partial charge in [0.1, 0.15) is 0 Å². The van der Waals surface area contributed by atoms with E-state index in [-0.39, 0.29) is 12.1 Å². The van der Waals surface area contributed by atoms with Crippen molar-refractivity contribution in [2.75, 3.05) is 13.2 Å². The summed E-state index contributed by atoms with van der Waals surface area (Å²) in [5.41, 5.74) is 3.95. The molecule has 0 amide bonds. The molecule has 3 heteroatoms. The van der Waals surface area contributed by atoms with Crippen molar-refractivity contribution in [3.63, 3.8) is 0 Å². The van der Waals surface area contributed by atoms with E-state index in [1.807, 2.05) is 0 Å². The van der Waals surface area contributed by atoms with Crippen LogP contribution in [0.1, 0.15) is 23.6 Å². The summed E-state index contributed by atoms with van der Waals surface area (Å²) in [5.74, 6) is -0.226. The minimum atomic E-state index is -0.293. The van der Waals surface area contributed by atoms with E-state index in [1.165, 1.54) is 16.7 Å². The summed E-state index contributed by atoms with van der Waals surface area (Å²) in [7, 11) is 0. The predicted octanol–water partition coefficient (Wildman–Crippen LogP) is 2.04. The maximum absolute atomic E-state index is 11.3. The first-order valence-electron chi connectivity index (χ1n) is 6.08. The normalized spacial score (nSPS) is 17.9. The Morgan fingerprint density at radius 3 is 2.94 bits per heavy atom. The predicted molar refractivity (Wildman–Crippen MR) is 65.0 cm³/mol. The third-order valence-corrected chi connectivity index (χ3v) is 3.07. The number of esters is 1. The van der Waals surface area contributed by atoms with Crippen LogP contribution in [0.5, 0.6) is 0 Å². The zero-order valence-electron chi connectivity index (χ0n) is 10.4. The minimum absolute atomic E-state index is 0.226. The SMILES string of the molecule is CCc1c(C)cccc1CCOC(=O)C1CO1. The first-order chi connectivity index (χ1) is 8.22. The smallest absolute Gasteiger partial charge is 0.337 e. The summed E-state index contributed by atoms with van der Waals surface area (Å²) < 4.78 is 10.0. The number of hydrogen-bond acceptors (Lipinski definition) is 3. The molecule has 0 spiro atoms. The molecular weight excluding hydrogens is 216 g/mol. The zero-order chi connectivity index (χ0) is 12.3. The number of carbonyl (C=O) groups is 1. The molecule has 1 unspecified atom stereocenters. The molecule has 0 radical (unpaired) electrons. The number of ether oxygens (including phenoxy) is 2. The maximum atomic E-state index is 11.3. The molecule has 0 aliphatic carbocycles. The minimum Gasteiger partial charge on any atom is -0.463 e. The van der Waals surface area contributed by atoms with Crippen LogP contribution in [0.25, 0.3) is 0 Å². The van der Waals surface area contributed by atoms with Crippen LogP contribution in [0.2, 0.25) is 0 Å². The molecule has 3 nitrogen and oxygen atoms in total. The second-order valence-electron chi connectivity index (χ2n) is 4.31. The van der Waals surface area contributed by atoms with E-state index in [0.717, 1.165) is 12.8 Å². The molecule has 1 saturated heterocycles. The van der Waals surface area contributed by atoms with Gasteiger partial charge in [0.05, 0.1) is 13.2 Å². The lowest BCUT2D eigenvalue weighted by Crippen LogP contribution is -2.14. The molecule has 1 atom stereocenters. The first kappa shape index (κ1) is 12.1. The molecule has 17 heavy (non-hydrogen) atoms. The number of aryl methyl sites for hydroxylation is 1. The Bertz CT molecular complexity index is 408. The van der Waals surface area contributed by atoms with E-state index in [9.17, 15) is 4.79 Å². The number of carbonyl (C=O) groups excluding carboxylic acids is 1. The van der Waals surface area contributed by atoms with Crippen LogP contribution in [0, 0.1) is 6.92 Å². The Morgan fingerprint density at radius 2 is 2.29 bits per heavy atom. The molecular formula is C14H18O3. The fourth-order valence-corrected chi connectivity index (χ4v) is 2.04. The highest BCUT2D eigenvalue weighted by atomic mass is 16.6. The summed E-state index contributed by atoms with van der Waals surface area (Å²) in [6, 6.07) is 6.27. The summed E-state index contributed by atoms with van der Waals surface area (Å²) in [6.07, 6.45) is 1.50. The molecule has 1 aromatic carbocycles. The lowest BCUT2D eigenvalue weighted by molar-refractivity contribution is -0.144. The van der Waals surface area contributed by atoms with Gasteiger partial charge in [0, 0.05) is 6.42 Å². The van der Waals surface area contributed by atoms with Gasteiger partial charge in [0.15, 0.2) is 6.10 Å². The number of hydrogen-bond donors (Lipinski definition) is 0. The van der Waals surface area contributed by atoms with Gasteiger partial charge < -0.3 is 9.47 Å². The van der Waals surface area contributed by atoms with Crippen LogP contribution in [0.4, 0.5) is 0 Å². The van der Waals surface area contributed by atoms with Crippen LogP contribution in [-0.4, -0.2) is 25.3 Å². The Hall–Kier alpha value is -1.35. The third kappa shape index (κ3) is 3.07. The Balaban J connectivity index is 1.89. The fraction of sp³-hybridized carbons (Fsp3) is 0.500. The molecule has 1 aliphatic heterocycles. The maximum Gasteiger partial charge on any atom is 0.337 e. The van der Waals surface area contributed by atoms with Crippen molar-refractivity contribution in [1.82, 2.24) is 0 Å². The van der Waals surface area contributed by atoms with Crippen LogP contribution in [0.3, 0.4) is 0 Å². The molecule has 1 fully saturated rings. The van der Waals surface area contributed by atoms with E-state index in [2.05, 4.69) is 32.0 Å². The third-order valence-electron chi connectivity index (χ3n) is 3.07. The molecule has 0 saturated carbocycles. The Labute approximate surface area is 102 Å². The molecule has 92 valence electrons. The fourth-order valence-electron chi connectivity index (χ4n) is 2.04. The average molecular weight is 234 g/mol. The standard InChI is InChI=1S/C14H18O3/c1-3-12-10(2)5-4-6-11(12)7-8-16-14(15)13-9-17-13/h4-6,13H,3,7-9H2,1-2H3. The zero-order valence-corrected chi connectivity index (χ0v) is 10.4. The first-order valence-corrected chi connectivity index (χ1v) is 6.08. The van der Waals surface area contributed by atoms with E-state index in [4.69, 9.17) is 9.47 Å². The van der Waals surface area contributed by atoms with Crippen molar-refractivity contribution >= 4 is 5.97 Å². The molecule has 1 heterocycles. The van der Waals surface area contributed by atoms with Crippen LogP contribution in [-0.2, 0) is 27.1 Å². The van der Waals surface area contributed by atoms with Gasteiger partial charge in [-0.05, 0) is 30.0 Å². The highest BCUT2D eigenvalue weighted by Gasteiger charge is 2.32. The van der Waals surface area contributed by atoms with Crippen molar-refractivity contribution in [3.05, 3.63) is 34.9 Å². The largest absolute Gasteiger partial charge is 0.463 e. The summed E-state index contributed by atoms with van der Waals surface area (Å²) in [6.45, 7) is 5.22. The quantitative estimate of drug-likeness (QED) is 0.578. The number of benzene rings is 1. The number of rotatable bonds is 5. The van der Waals surface area contributed by atoms with Crippen LogP contribution >= 0.6 is 0 Å². The van der Waals surface area contributed by atoms with Crippen molar-refractivity contribution < 1.29 is 14.3 Å². The van der Waals surface area contributed by atoms with E-state index >= 15 is 0 Å². The summed E-state index contributed by atoms with van der Waals surface area (Å²) in [5, 5.41) is 0. The van der Waals surface area contributed by atoms with Gasteiger partial charge >= 0.3 is 5.97 Å². The highest BCUT2D eigenvalue weighted by Crippen LogP contribution is 2.16. The van der Waals surface area contributed by atoms with Gasteiger partial charge in [0.25, 0.3) is 0 Å². The molecule has 0 aromatic heterocycles. The highest BCUT2D eigenvalue weighted by molar-refractivity contribution is 5.76. The van der Waals surface area contributed by atoms with Gasteiger partial charge in [-0.15, -0.1) is 0 Å². The topological polar surface area (TPSA) is 38.8 Å². The summed E-state index contributed by atoms with van der Waals surface area (Å²) in [4.78, 5) is 11.3. The monoisotopic (exact) mass is 234 g/mol. The molecule has 0 N–H and O–H groups in total. The van der Waals surface area contributed by atoms with Gasteiger partial charge in [0.2, 0.25) is 0 Å². The molecule has 1 aliphatic rings. The molecule has 0 bridgehead atoms. The van der Waals surface area contributed by atoms with E-state index in [1.54, 1.807) is 0 Å². The second kappa shape index (κ2) is 5.32. The Kier molecular flexibility index (Phi) is 3.79.